The van der Waals surface area contributed by atoms with Gasteiger partial charge in [0, 0.05) is 13.1 Å². The van der Waals surface area contributed by atoms with E-state index in [1.165, 1.54) is 12.8 Å². The largest absolute Gasteiger partial charge is 0.432 e. The van der Waals surface area contributed by atoms with Crippen molar-refractivity contribution >= 4 is 6.01 Å². The molecular weight excluding hydrogens is 202 g/mol. The third-order valence-corrected chi connectivity index (χ3v) is 2.63. The van der Waals surface area contributed by atoms with E-state index in [1.807, 2.05) is 11.9 Å². The van der Waals surface area contributed by atoms with Gasteiger partial charge >= 0.3 is 0 Å². The smallest absolute Gasteiger partial charge is 0.298 e. The number of anilines is 1. The summed E-state index contributed by atoms with van der Waals surface area (Å²) in [6.07, 6.45) is 9.63. The average molecular weight is 219 g/mol. The summed E-state index contributed by atoms with van der Waals surface area (Å²) in [5.41, 5.74) is 0.912. The highest BCUT2D eigenvalue weighted by molar-refractivity contribution is 5.30. The molecule has 1 aromatic rings. The van der Waals surface area contributed by atoms with E-state index in [1.54, 1.807) is 6.26 Å². The zero-order valence-electron chi connectivity index (χ0n) is 9.57. The van der Waals surface area contributed by atoms with Crippen molar-refractivity contribution in [3.63, 3.8) is 0 Å². The molecule has 1 saturated carbocycles. The Kier molecular flexibility index (Phi) is 3.47. The van der Waals surface area contributed by atoms with Gasteiger partial charge in [-0.05, 0) is 25.8 Å². The van der Waals surface area contributed by atoms with E-state index < -0.39 is 0 Å². The SMILES string of the molecule is C#CCN(CC1CC1)c1nc(CNC)co1. The number of hydrogen-bond acceptors (Lipinski definition) is 4. The van der Waals surface area contributed by atoms with Crippen molar-refractivity contribution in [3.8, 4) is 12.3 Å². The highest BCUT2D eigenvalue weighted by Gasteiger charge is 2.25. The monoisotopic (exact) mass is 219 g/mol. The first-order valence-corrected chi connectivity index (χ1v) is 5.61. The second-order valence-electron chi connectivity index (χ2n) is 4.18. The molecule has 0 unspecified atom stereocenters. The first-order chi connectivity index (χ1) is 7.83. The molecule has 0 aliphatic heterocycles. The van der Waals surface area contributed by atoms with Crippen LogP contribution >= 0.6 is 0 Å². The molecule has 0 aromatic carbocycles. The lowest BCUT2D eigenvalue weighted by Gasteiger charge is -2.16. The Labute approximate surface area is 96.0 Å². The molecule has 0 saturated heterocycles. The van der Waals surface area contributed by atoms with Gasteiger partial charge in [-0.1, -0.05) is 5.92 Å². The maximum absolute atomic E-state index is 5.44. The molecule has 86 valence electrons. The topological polar surface area (TPSA) is 41.3 Å². The van der Waals surface area contributed by atoms with E-state index in [4.69, 9.17) is 10.8 Å². The minimum absolute atomic E-state index is 0.565. The number of rotatable bonds is 6. The van der Waals surface area contributed by atoms with Crippen LogP contribution in [0.25, 0.3) is 0 Å². The number of nitrogens with zero attached hydrogens (tertiary/aromatic N) is 2. The maximum atomic E-state index is 5.44. The molecule has 4 heteroatoms. The zero-order chi connectivity index (χ0) is 11.4. The van der Waals surface area contributed by atoms with Gasteiger partial charge in [0.2, 0.25) is 0 Å². The first-order valence-electron chi connectivity index (χ1n) is 5.61. The van der Waals surface area contributed by atoms with Gasteiger partial charge in [0.1, 0.15) is 6.26 Å². The molecule has 0 amide bonds. The van der Waals surface area contributed by atoms with Crippen LogP contribution in [0.5, 0.6) is 0 Å². The van der Waals surface area contributed by atoms with Crippen LogP contribution in [0.4, 0.5) is 6.01 Å². The Bertz CT molecular complexity index is 376. The van der Waals surface area contributed by atoms with Crippen LogP contribution in [0, 0.1) is 18.3 Å². The number of aromatic nitrogens is 1. The summed E-state index contributed by atoms with van der Waals surface area (Å²) in [6, 6.07) is 0.648. The average Bonchev–Trinajstić information content (AvgIpc) is 2.96. The molecule has 1 aliphatic rings. The van der Waals surface area contributed by atoms with E-state index >= 15 is 0 Å². The summed E-state index contributed by atoms with van der Waals surface area (Å²) in [6.45, 7) is 2.25. The molecule has 0 radical (unpaired) electrons. The molecule has 1 aliphatic carbocycles. The molecule has 4 nitrogen and oxygen atoms in total. The standard InChI is InChI=1S/C12H17N3O/c1-3-6-15(8-10-4-5-10)12-14-11(7-13-2)9-16-12/h1,9-10,13H,4-8H2,2H3. The van der Waals surface area contributed by atoms with Crippen LogP contribution in [-0.2, 0) is 6.54 Å². The van der Waals surface area contributed by atoms with E-state index in [-0.39, 0.29) is 0 Å². The van der Waals surface area contributed by atoms with E-state index in [0.717, 1.165) is 24.7 Å². The lowest BCUT2D eigenvalue weighted by Crippen LogP contribution is -2.26. The van der Waals surface area contributed by atoms with Gasteiger partial charge in [0.15, 0.2) is 0 Å². The highest BCUT2D eigenvalue weighted by atomic mass is 16.4. The lowest BCUT2D eigenvalue weighted by atomic mass is 10.4. The van der Waals surface area contributed by atoms with Gasteiger partial charge in [-0.25, -0.2) is 0 Å². The van der Waals surface area contributed by atoms with Crippen molar-refractivity contribution in [2.24, 2.45) is 5.92 Å². The summed E-state index contributed by atoms with van der Waals surface area (Å²) < 4.78 is 5.44. The Morgan fingerprint density at radius 2 is 2.50 bits per heavy atom. The molecule has 1 N–H and O–H groups in total. The quantitative estimate of drug-likeness (QED) is 0.731. The zero-order valence-corrected chi connectivity index (χ0v) is 9.57. The molecule has 1 aromatic heterocycles. The summed E-state index contributed by atoms with van der Waals surface area (Å²) in [4.78, 5) is 6.44. The van der Waals surface area contributed by atoms with Gasteiger partial charge in [0.25, 0.3) is 6.01 Å². The van der Waals surface area contributed by atoms with Crippen molar-refractivity contribution in [2.75, 3.05) is 25.0 Å². The number of terminal acetylenes is 1. The Balaban J connectivity index is 2.01. The maximum Gasteiger partial charge on any atom is 0.298 e. The van der Waals surface area contributed by atoms with Crippen LogP contribution in [0.15, 0.2) is 10.7 Å². The number of nitrogens with one attached hydrogen (secondary N) is 1. The molecule has 0 spiro atoms. The normalized spacial score (nSPS) is 14.8. The van der Waals surface area contributed by atoms with Gasteiger partial charge in [-0.3, -0.25) is 0 Å². The Morgan fingerprint density at radius 1 is 1.69 bits per heavy atom. The van der Waals surface area contributed by atoms with Crippen molar-refractivity contribution in [2.45, 2.75) is 19.4 Å². The molecule has 16 heavy (non-hydrogen) atoms. The highest BCUT2D eigenvalue weighted by Crippen LogP contribution is 2.31. The Morgan fingerprint density at radius 3 is 3.12 bits per heavy atom. The molecule has 2 rings (SSSR count). The third kappa shape index (κ3) is 2.77. The minimum atomic E-state index is 0.565. The fraction of sp³-hybridized carbons (Fsp3) is 0.583. The molecule has 0 atom stereocenters. The molecule has 0 bridgehead atoms. The van der Waals surface area contributed by atoms with Crippen LogP contribution in [0.2, 0.25) is 0 Å². The van der Waals surface area contributed by atoms with Crippen LogP contribution in [0.1, 0.15) is 18.5 Å². The summed E-state index contributed by atoms with van der Waals surface area (Å²) in [5, 5.41) is 3.04. The van der Waals surface area contributed by atoms with Gasteiger partial charge in [-0.2, -0.15) is 4.98 Å². The summed E-state index contributed by atoms with van der Waals surface area (Å²) in [5.74, 6) is 3.42. The molecule has 1 fully saturated rings. The summed E-state index contributed by atoms with van der Waals surface area (Å²) in [7, 11) is 1.89. The number of hydrogen-bond donors (Lipinski definition) is 1. The molecular formula is C12H17N3O. The van der Waals surface area contributed by atoms with Crippen LogP contribution in [-0.4, -0.2) is 25.1 Å². The van der Waals surface area contributed by atoms with Crippen LogP contribution in [0.3, 0.4) is 0 Å². The fourth-order valence-corrected chi connectivity index (χ4v) is 1.64. The van der Waals surface area contributed by atoms with Gasteiger partial charge in [0.05, 0.1) is 12.2 Å². The predicted molar refractivity (Wildman–Crippen MR) is 63.0 cm³/mol. The first kappa shape index (κ1) is 11.0. The third-order valence-electron chi connectivity index (χ3n) is 2.63. The summed E-state index contributed by atoms with van der Waals surface area (Å²) >= 11 is 0. The minimum Gasteiger partial charge on any atom is -0.432 e. The predicted octanol–water partition coefficient (Wildman–Crippen LogP) is 1.24. The van der Waals surface area contributed by atoms with Crippen molar-refractivity contribution in [1.29, 1.82) is 0 Å². The van der Waals surface area contributed by atoms with E-state index in [0.29, 0.717) is 12.6 Å². The number of oxazole rings is 1. The van der Waals surface area contributed by atoms with Crippen LogP contribution < -0.4 is 10.2 Å². The Hall–Kier alpha value is -1.47. The van der Waals surface area contributed by atoms with Gasteiger partial charge in [-0.15, -0.1) is 6.42 Å². The van der Waals surface area contributed by atoms with Crippen molar-refractivity contribution < 1.29 is 4.42 Å². The second-order valence-corrected chi connectivity index (χ2v) is 4.18. The van der Waals surface area contributed by atoms with E-state index in [9.17, 15) is 0 Å². The van der Waals surface area contributed by atoms with E-state index in [2.05, 4.69) is 16.2 Å². The lowest BCUT2D eigenvalue weighted by molar-refractivity contribution is 0.533. The van der Waals surface area contributed by atoms with Crippen molar-refractivity contribution in [3.05, 3.63) is 12.0 Å². The van der Waals surface area contributed by atoms with Gasteiger partial charge < -0.3 is 14.6 Å². The van der Waals surface area contributed by atoms with Crippen molar-refractivity contribution in [1.82, 2.24) is 10.3 Å². The molecule has 1 heterocycles. The second kappa shape index (κ2) is 5.04. The fourth-order valence-electron chi connectivity index (χ4n) is 1.64.